The normalized spacial score (nSPS) is 9.57. The highest BCUT2D eigenvalue weighted by molar-refractivity contribution is 6.03. The fraction of sp³-hybridized carbons (Fsp3) is 0.182. The zero-order valence-electron chi connectivity index (χ0n) is 8.36. The monoisotopic (exact) mass is 191 g/mol. The smallest absolute Gasteiger partial charge is 0.269 e. The maximum absolute atomic E-state index is 11.6. The number of nitrogens with zero attached hydrogens (tertiary/aromatic N) is 1. The van der Waals surface area contributed by atoms with Crippen molar-refractivity contribution < 1.29 is 9.63 Å². The molecule has 0 fully saturated rings. The summed E-state index contributed by atoms with van der Waals surface area (Å²) >= 11 is 0. The molecule has 0 aliphatic rings. The zero-order chi connectivity index (χ0) is 10.6. The molecule has 0 saturated carbocycles. The number of carbonyl (C=O) groups is 1. The molecule has 0 bridgehead atoms. The fourth-order valence-corrected chi connectivity index (χ4v) is 1.04. The van der Waals surface area contributed by atoms with E-state index in [2.05, 4.69) is 6.58 Å². The maximum Gasteiger partial charge on any atom is 0.277 e. The van der Waals surface area contributed by atoms with Crippen LogP contribution in [0.4, 0.5) is 5.69 Å². The van der Waals surface area contributed by atoms with Crippen molar-refractivity contribution in [3.63, 3.8) is 0 Å². The first-order chi connectivity index (χ1) is 6.66. The summed E-state index contributed by atoms with van der Waals surface area (Å²) < 4.78 is 0. The molecule has 74 valence electrons. The standard InChI is InChI=1S/C11H13NO2/c1-9(2)11(13)12(14-3)10-7-5-4-6-8-10/h4-8H,1H2,2-3H3. The topological polar surface area (TPSA) is 29.5 Å². The SMILES string of the molecule is C=C(C)C(=O)N(OC)c1ccccc1. The summed E-state index contributed by atoms with van der Waals surface area (Å²) in [5, 5.41) is 1.21. The van der Waals surface area contributed by atoms with Gasteiger partial charge in [0, 0.05) is 5.57 Å². The Balaban J connectivity index is 2.93. The number of hydrogen-bond donors (Lipinski definition) is 0. The molecule has 0 aliphatic heterocycles. The van der Waals surface area contributed by atoms with Crippen LogP contribution in [0.25, 0.3) is 0 Å². The van der Waals surface area contributed by atoms with Gasteiger partial charge in [-0.1, -0.05) is 24.8 Å². The number of anilines is 1. The summed E-state index contributed by atoms with van der Waals surface area (Å²) in [5.74, 6) is -0.237. The number of hydroxylamine groups is 1. The first-order valence-corrected chi connectivity index (χ1v) is 4.26. The maximum atomic E-state index is 11.6. The molecule has 0 unspecified atom stereocenters. The molecule has 0 N–H and O–H groups in total. The molecular formula is C11H13NO2. The van der Waals surface area contributed by atoms with Crippen LogP contribution in [0.5, 0.6) is 0 Å². The summed E-state index contributed by atoms with van der Waals surface area (Å²) in [5.41, 5.74) is 1.14. The molecule has 3 nitrogen and oxygen atoms in total. The van der Waals surface area contributed by atoms with Gasteiger partial charge in [0.1, 0.15) is 0 Å². The molecular weight excluding hydrogens is 178 g/mol. The Bertz CT molecular complexity index is 332. The summed E-state index contributed by atoms with van der Waals surface area (Å²) in [7, 11) is 1.45. The van der Waals surface area contributed by atoms with E-state index >= 15 is 0 Å². The van der Waals surface area contributed by atoms with Gasteiger partial charge in [-0.15, -0.1) is 0 Å². The molecule has 1 aromatic carbocycles. The number of benzene rings is 1. The molecule has 3 heteroatoms. The van der Waals surface area contributed by atoms with E-state index in [9.17, 15) is 4.79 Å². The van der Waals surface area contributed by atoms with E-state index in [4.69, 9.17) is 4.84 Å². The van der Waals surface area contributed by atoms with Crippen LogP contribution < -0.4 is 5.06 Å². The molecule has 1 amide bonds. The number of carbonyl (C=O) groups excluding carboxylic acids is 1. The third kappa shape index (κ3) is 2.20. The second kappa shape index (κ2) is 4.58. The van der Waals surface area contributed by atoms with Crippen LogP contribution in [-0.2, 0) is 9.63 Å². The number of rotatable bonds is 3. The predicted octanol–water partition coefficient (Wildman–Crippen LogP) is 2.16. The Kier molecular flexibility index (Phi) is 3.42. The van der Waals surface area contributed by atoms with Gasteiger partial charge in [0.2, 0.25) is 0 Å². The van der Waals surface area contributed by atoms with Crippen molar-refractivity contribution in [1.29, 1.82) is 0 Å². The van der Waals surface area contributed by atoms with Gasteiger partial charge in [0.25, 0.3) is 5.91 Å². The van der Waals surface area contributed by atoms with Gasteiger partial charge in [-0.3, -0.25) is 9.63 Å². The molecule has 0 saturated heterocycles. The summed E-state index contributed by atoms with van der Waals surface area (Å²) in [6.45, 7) is 5.23. The quantitative estimate of drug-likeness (QED) is 0.541. The van der Waals surface area contributed by atoms with Crippen molar-refractivity contribution in [3.8, 4) is 0 Å². The van der Waals surface area contributed by atoms with Gasteiger partial charge in [0.15, 0.2) is 0 Å². The van der Waals surface area contributed by atoms with Crippen molar-refractivity contribution in [1.82, 2.24) is 0 Å². The largest absolute Gasteiger partial charge is 0.277 e. The van der Waals surface area contributed by atoms with E-state index in [0.717, 1.165) is 0 Å². The van der Waals surface area contributed by atoms with E-state index in [1.165, 1.54) is 12.2 Å². The molecule has 0 heterocycles. The van der Waals surface area contributed by atoms with Crippen LogP contribution in [0, 0.1) is 0 Å². The van der Waals surface area contributed by atoms with Crippen LogP contribution in [-0.4, -0.2) is 13.0 Å². The fourth-order valence-electron chi connectivity index (χ4n) is 1.04. The third-order valence-corrected chi connectivity index (χ3v) is 1.72. The lowest BCUT2D eigenvalue weighted by Crippen LogP contribution is -2.29. The highest BCUT2D eigenvalue weighted by Gasteiger charge is 2.15. The number of para-hydroxylation sites is 1. The molecule has 14 heavy (non-hydrogen) atoms. The van der Waals surface area contributed by atoms with E-state index < -0.39 is 0 Å². The Morgan fingerprint density at radius 1 is 1.36 bits per heavy atom. The lowest BCUT2D eigenvalue weighted by molar-refractivity contribution is -0.121. The van der Waals surface area contributed by atoms with Crippen LogP contribution in [0.15, 0.2) is 42.5 Å². The lowest BCUT2D eigenvalue weighted by Gasteiger charge is -2.19. The molecule has 0 aromatic heterocycles. The van der Waals surface area contributed by atoms with E-state index in [-0.39, 0.29) is 5.91 Å². The second-order valence-electron chi connectivity index (χ2n) is 2.90. The van der Waals surface area contributed by atoms with Crippen molar-refractivity contribution >= 4 is 11.6 Å². The zero-order valence-corrected chi connectivity index (χ0v) is 8.36. The number of hydrogen-bond acceptors (Lipinski definition) is 2. The van der Waals surface area contributed by atoms with Crippen LogP contribution in [0.1, 0.15) is 6.92 Å². The van der Waals surface area contributed by atoms with Crippen molar-refractivity contribution in [2.75, 3.05) is 12.2 Å². The Morgan fingerprint density at radius 2 is 1.93 bits per heavy atom. The molecule has 0 radical (unpaired) electrons. The van der Waals surface area contributed by atoms with Crippen LogP contribution in [0.3, 0.4) is 0 Å². The van der Waals surface area contributed by atoms with Crippen LogP contribution in [0.2, 0.25) is 0 Å². The summed E-state index contributed by atoms with van der Waals surface area (Å²) in [6.07, 6.45) is 0. The Hall–Kier alpha value is -1.61. The van der Waals surface area contributed by atoms with Gasteiger partial charge < -0.3 is 0 Å². The van der Waals surface area contributed by atoms with Crippen LogP contribution >= 0.6 is 0 Å². The molecule has 0 aliphatic carbocycles. The minimum atomic E-state index is -0.237. The third-order valence-electron chi connectivity index (χ3n) is 1.72. The highest BCUT2D eigenvalue weighted by Crippen LogP contribution is 2.15. The van der Waals surface area contributed by atoms with Gasteiger partial charge in [-0.2, -0.15) is 5.06 Å². The van der Waals surface area contributed by atoms with Crippen molar-refractivity contribution in [2.45, 2.75) is 6.92 Å². The average molecular weight is 191 g/mol. The number of amides is 1. The van der Waals surface area contributed by atoms with Crippen molar-refractivity contribution in [2.24, 2.45) is 0 Å². The average Bonchev–Trinajstić information content (AvgIpc) is 2.20. The highest BCUT2D eigenvalue weighted by atomic mass is 16.7. The van der Waals surface area contributed by atoms with E-state index in [1.807, 2.05) is 18.2 Å². The molecule has 1 rings (SSSR count). The summed E-state index contributed by atoms with van der Waals surface area (Å²) in [6, 6.07) is 9.15. The minimum absolute atomic E-state index is 0.237. The molecule has 1 aromatic rings. The first-order valence-electron chi connectivity index (χ1n) is 4.26. The van der Waals surface area contributed by atoms with Gasteiger partial charge in [-0.25, -0.2) is 0 Å². The molecule has 0 spiro atoms. The second-order valence-corrected chi connectivity index (χ2v) is 2.90. The van der Waals surface area contributed by atoms with Gasteiger partial charge >= 0.3 is 0 Å². The lowest BCUT2D eigenvalue weighted by atomic mass is 10.3. The van der Waals surface area contributed by atoms with Gasteiger partial charge in [0.05, 0.1) is 12.8 Å². The minimum Gasteiger partial charge on any atom is -0.269 e. The van der Waals surface area contributed by atoms with E-state index in [0.29, 0.717) is 11.3 Å². The Morgan fingerprint density at radius 3 is 2.36 bits per heavy atom. The van der Waals surface area contributed by atoms with Gasteiger partial charge in [-0.05, 0) is 19.1 Å². The first kappa shape index (κ1) is 10.5. The molecule has 0 atom stereocenters. The predicted molar refractivity (Wildman–Crippen MR) is 55.8 cm³/mol. The summed E-state index contributed by atoms with van der Waals surface area (Å²) in [4.78, 5) is 16.6. The van der Waals surface area contributed by atoms with E-state index in [1.54, 1.807) is 19.1 Å². The Labute approximate surface area is 83.6 Å². The van der Waals surface area contributed by atoms with Crippen molar-refractivity contribution in [3.05, 3.63) is 42.5 Å².